The number of piperidine rings is 1. The number of nitrogens with zero attached hydrogens (tertiary/aromatic N) is 3. The molecule has 0 aromatic carbocycles. The van der Waals surface area contributed by atoms with E-state index >= 15 is 0 Å². The summed E-state index contributed by atoms with van der Waals surface area (Å²) in [5.41, 5.74) is 8.61. The first-order chi connectivity index (χ1) is 8.60. The van der Waals surface area contributed by atoms with Crippen molar-refractivity contribution in [1.29, 1.82) is 0 Å². The Hall–Kier alpha value is -0.870. The van der Waals surface area contributed by atoms with Gasteiger partial charge in [-0.05, 0) is 45.2 Å². The topological polar surface area (TPSA) is 47.1 Å². The molecule has 4 nitrogen and oxygen atoms in total. The number of hydrogen-bond donors (Lipinski definition) is 1. The molecule has 0 spiro atoms. The molecule has 0 aliphatic carbocycles. The van der Waals surface area contributed by atoms with Crippen molar-refractivity contribution in [3.05, 3.63) is 17.5 Å². The molecule has 1 atom stereocenters. The van der Waals surface area contributed by atoms with E-state index in [9.17, 15) is 0 Å². The highest BCUT2D eigenvalue weighted by molar-refractivity contribution is 5.16. The van der Waals surface area contributed by atoms with E-state index in [-0.39, 0.29) is 0 Å². The molecule has 4 heteroatoms. The summed E-state index contributed by atoms with van der Waals surface area (Å²) in [4.78, 5) is 2.54. The molecular formula is C14H26N4. The fourth-order valence-corrected chi connectivity index (χ4v) is 2.89. The second-order valence-corrected chi connectivity index (χ2v) is 5.60. The Morgan fingerprint density at radius 2 is 2.11 bits per heavy atom. The van der Waals surface area contributed by atoms with Crippen LogP contribution in [-0.2, 0) is 20.0 Å². The second-order valence-electron chi connectivity index (χ2n) is 5.60. The van der Waals surface area contributed by atoms with Crippen LogP contribution in [0.15, 0.2) is 6.20 Å². The van der Waals surface area contributed by atoms with Crippen LogP contribution in [0.25, 0.3) is 0 Å². The van der Waals surface area contributed by atoms with Crippen molar-refractivity contribution in [2.45, 2.75) is 45.7 Å². The first kappa shape index (κ1) is 13.6. The van der Waals surface area contributed by atoms with E-state index in [1.165, 1.54) is 37.2 Å². The van der Waals surface area contributed by atoms with Gasteiger partial charge in [0, 0.05) is 31.4 Å². The van der Waals surface area contributed by atoms with Gasteiger partial charge in [-0.2, -0.15) is 5.10 Å². The van der Waals surface area contributed by atoms with E-state index in [0.717, 1.165) is 13.0 Å². The first-order valence-electron chi connectivity index (χ1n) is 7.09. The van der Waals surface area contributed by atoms with Crippen LogP contribution in [-0.4, -0.2) is 33.8 Å². The molecular weight excluding hydrogens is 224 g/mol. The van der Waals surface area contributed by atoms with Crippen LogP contribution < -0.4 is 5.73 Å². The maximum atomic E-state index is 5.98. The van der Waals surface area contributed by atoms with Crippen molar-refractivity contribution in [3.8, 4) is 0 Å². The minimum absolute atomic E-state index is 0.344. The van der Waals surface area contributed by atoms with Crippen LogP contribution >= 0.6 is 0 Å². The van der Waals surface area contributed by atoms with Gasteiger partial charge < -0.3 is 5.73 Å². The Morgan fingerprint density at radius 3 is 2.67 bits per heavy atom. The van der Waals surface area contributed by atoms with Gasteiger partial charge in [0.2, 0.25) is 0 Å². The lowest BCUT2D eigenvalue weighted by Crippen LogP contribution is -2.39. The van der Waals surface area contributed by atoms with Crippen molar-refractivity contribution >= 4 is 0 Å². The van der Waals surface area contributed by atoms with E-state index in [1.54, 1.807) is 0 Å². The van der Waals surface area contributed by atoms with Crippen molar-refractivity contribution in [3.63, 3.8) is 0 Å². The van der Waals surface area contributed by atoms with Crippen LogP contribution in [0.2, 0.25) is 0 Å². The molecule has 2 heterocycles. The van der Waals surface area contributed by atoms with E-state index in [4.69, 9.17) is 5.73 Å². The van der Waals surface area contributed by atoms with Crippen molar-refractivity contribution in [2.24, 2.45) is 18.7 Å². The fourth-order valence-electron chi connectivity index (χ4n) is 2.89. The van der Waals surface area contributed by atoms with Gasteiger partial charge in [0.1, 0.15) is 0 Å². The molecule has 0 bridgehead atoms. The van der Waals surface area contributed by atoms with E-state index in [2.05, 4.69) is 30.0 Å². The van der Waals surface area contributed by atoms with Gasteiger partial charge in [-0.15, -0.1) is 0 Å². The van der Waals surface area contributed by atoms with Gasteiger partial charge in [0.25, 0.3) is 0 Å². The zero-order chi connectivity index (χ0) is 13.1. The van der Waals surface area contributed by atoms with Crippen molar-refractivity contribution in [1.82, 2.24) is 14.7 Å². The number of aromatic nitrogens is 2. The van der Waals surface area contributed by atoms with Gasteiger partial charge in [-0.3, -0.25) is 9.58 Å². The molecule has 0 radical (unpaired) electrons. The van der Waals surface area contributed by atoms with Crippen LogP contribution in [0.5, 0.6) is 0 Å². The molecule has 2 rings (SSSR count). The van der Waals surface area contributed by atoms with Gasteiger partial charge in [-0.1, -0.05) is 6.92 Å². The molecule has 1 aromatic rings. The Kier molecular flexibility index (Phi) is 4.40. The maximum Gasteiger partial charge on any atom is 0.0666 e. The molecule has 2 N–H and O–H groups in total. The smallest absolute Gasteiger partial charge is 0.0666 e. The Morgan fingerprint density at radius 1 is 1.44 bits per heavy atom. The Bertz CT molecular complexity index is 375. The zero-order valence-electron chi connectivity index (χ0n) is 11.9. The zero-order valence-corrected chi connectivity index (χ0v) is 11.9. The Balaban J connectivity index is 1.91. The molecule has 1 saturated heterocycles. The van der Waals surface area contributed by atoms with Gasteiger partial charge in [0.05, 0.1) is 5.69 Å². The second kappa shape index (κ2) is 5.85. The quantitative estimate of drug-likeness (QED) is 0.882. The first-order valence-corrected chi connectivity index (χ1v) is 7.09. The third kappa shape index (κ3) is 3.12. The highest BCUT2D eigenvalue weighted by atomic mass is 15.3. The summed E-state index contributed by atoms with van der Waals surface area (Å²) in [6.07, 6.45) is 5.65. The molecule has 18 heavy (non-hydrogen) atoms. The third-order valence-electron chi connectivity index (χ3n) is 4.10. The summed E-state index contributed by atoms with van der Waals surface area (Å²) in [5, 5.41) is 4.51. The lowest BCUT2D eigenvalue weighted by Gasteiger charge is -2.33. The van der Waals surface area contributed by atoms with E-state index in [0.29, 0.717) is 12.0 Å². The summed E-state index contributed by atoms with van der Waals surface area (Å²) < 4.78 is 1.93. The average molecular weight is 250 g/mol. The number of hydrogen-bond acceptors (Lipinski definition) is 3. The largest absolute Gasteiger partial charge is 0.328 e. The molecule has 1 aliphatic heterocycles. The maximum absolute atomic E-state index is 5.98. The van der Waals surface area contributed by atoms with Crippen LogP contribution in [0.4, 0.5) is 0 Å². The van der Waals surface area contributed by atoms with Crippen LogP contribution in [0, 0.1) is 5.92 Å². The molecule has 0 amide bonds. The lowest BCUT2D eigenvalue weighted by molar-refractivity contribution is 0.165. The fraction of sp³-hybridized carbons (Fsp3) is 0.786. The SMILES string of the molecule is CCc1nn(C)cc1CN1CCC(C(C)N)CC1. The highest BCUT2D eigenvalue weighted by Gasteiger charge is 2.22. The monoisotopic (exact) mass is 250 g/mol. The number of nitrogens with two attached hydrogens (primary N) is 1. The summed E-state index contributed by atoms with van der Waals surface area (Å²) in [6.45, 7) is 7.70. The van der Waals surface area contributed by atoms with Crippen LogP contribution in [0.1, 0.15) is 37.9 Å². The summed E-state index contributed by atoms with van der Waals surface area (Å²) in [6, 6.07) is 0.344. The van der Waals surface area contributed by atoms with Crippen LogP contribution in [0.3, 0.4) is 0 Å². The van der Waals surface area contributed by atoms with Gasteiger partial charge in [-0.25, -0.2) is 0 Å². The predicted octanol–water partition coefficient (Wildman–Crippen LogP) is 1.54. The highest BCUT2D eigenvalue weighted by Crippen LogP contribution is 2.21. The Labute approximate surface area is 110 Å². The number of aryl methyl sites for hydroxylation is 2. The molecule has 102 valence electrons. The van der Waals surface area contributed by atoms with Crippen molar-refractivity contribution < 1.29 is 0 Å². The molecule has 1 aliphatic rings. The molecule has 1 unspecified atom stereocenters. The summed E-state index contributed by atoms with van der Waals surface area (Å²) in [7, 11) is 2.00. The number of rotatable bonds is 4. The summed E-state index contributed by atoms with van der Waals surface area (Å²) >= 11 is 0. The standard InChI is InChI=1S/C14H26N4/c1-4-14-13(9-17(3)16-14)10-18-7-5-12(6-8-18)11(2)15/h9,11-12H,4-8,10,15H2,1-3H3. The van der Waals surface area contributed by atoms with E-state index in [1.807, 2.05) is 11.7 Å². The van der Waals surface area contributed by atoms with Gasteiger partial charge in [0.15, 0.2) is 0 Å². The van der Waals surface area contributed by atoms with Crippen molar-refractivity contribution in [2.75, 3.05) is 13.1 Å². The molecule has 0 saturated carbocycles. The van der Waals surface area contributed by atoms with Gasteiger partial charge >= 0.3 is 0 Å². The third-order valence-corrected chi connectivity index (χ3v) is 4.10. The lowest BCUT2D eigenvalue weighted by atomic mass is 9.91. The number of likely N-dealkylation sites (tertiary alicyclic amines) is 1. The van der Waals surface area contributed by atoms with E-state index < -0.39 is 0 Å². The summed E-state index contributed by atoms with van der Waals surface area (Å²) in [5.74, 6) is 0.709. The minimum Gasteiger partial charge on any atom is -0.328 e. The minimum atomic E-state index is 0.344. The predicted molar refractivity (Wildman–Crippen MR) is 74.2 cm³/mol. The normalized spacial score (nSPS) is 20.2. The molecule has 1 fully saturated rings. The molecule has 1 aromatic heterocycles. The average Bonchev–Trinajstić information content (AvgIpc) is 2.70.